The molecule has 0 atom stereocenters. The van der Waals surface area contributed by atoms with Crippen molar-refractivity contribution in [3.63, 3.8) is 0 Å². The van der Waals surface area contributed by atoms with Gasteiger partial charge >= 0.3 is 6.03 Å². The summed E-state index contributed by atoms with van der Waals surface area (Å²) in [6, 6.07) is 13.1. The van der Waals surface area contributed by atoms with Gasteiger partial charge < -0.3 is 15.5 Å². The Bertz CT molecular complexity index is 831. The SMILES string of the molecule is O=C(NC1CCCCC1)N1CCN(CCNC(c2ccc(F)cc2)c2ccc(F)cc2)CC1. The maximum atomic E-state index is 13.4. The molecule has 2 aliphatic rings. The Morgan fingerprint density at radius 3 is 1.94 bits per heavy atom. The van der Waals surface area contributed by atoms with E-state index in [0.29, 0.717) is 6.04 Å². The van der Waals surface area contributed by atoms with Crippen molar-refractivity contribution in [3.8, 4) is 0 Å². The molecule has 2 fully saturated rings. The van der Waals surface area contributed by atoms with E-state index in [9.17, 15) is 13.6 Å². The first-order chi connectivity index (χ1) is 16.1. The van der Waals surface area contributed by atoms with Crippen molar-refractivity contribution in [2.24, 2.45) is 0 Å². The van der Waals surface area contributed by atoms with Gasteiger partial charge in [0.25, 0.3) is 0 Å². The molecule has 2 N–H and O–H groups in total. The maximum absolute atomic E-state index is 13.4. The zero-order valence-electron chi connectivity index (χ0n) is 19.1. The largest absolute Gasteiger partial charge is 0.335 e. The summed E-state index contributed by atoms with van der Waals surface area (Å²) in [6.07, 6.45) is 5.90. The molecule has 2 aromatic rings. The standard InChI is InChI=1S/C26H34F2N4O/c27-22-10-6-20(7-11-22)25(21-8-12-23(28)13-9-21)29-14-15-31-16-18-32(19-17-31)26(33)30-24-4-2-1-3-5-24/h6-13,24-25,29H,1-5,14-19H2,(H,30,33). The number of urea groups is 1. The lowest BCUT2D eigenvalue weighted by Gasteiger charge is -2.36. The second kappa shape index (κ2) is 11.6. The van der Waals surface area contributed by atoms with Crippen LogP contribution in [0, 0.1) is 11.6 Å². The zero-order chi connectivity index (χ0) is 23.0. The van der Waals surface area contributed by atoms with Crippen LogP contribution in [0.5, 0.6) is 0 Å². The van der Waals surface area contributed by atoms with Crippen LogP contribution in [0.3, 0.4) is 0 Å². The first kappa shape index (κ1) is 23.6. The van der Waals surface area contributed by atoms with Gasteiger partial charge in [0.05, 0.1) is 6.04 Å². The van der Waals surface area contributed by atoms with Crippen molar-refractivity contribution >= 4 is 6.03 Å². The van der Waals surface area contributed by atoms with E-state index in [-0.39, 0.29) is 23.7 Å². The minimum atomic E-state index is -0.276. The van der Waals surface area contributed by atoms with Gasteiger partial charge in [-0.3, -0.25) is 4.90 Å². The number of carbonyl (C=O) groups excluding carboxylic acids is 1. The van der Waals surface area contributed by atoms with Crippen molar-refractivity contribution in [1.82, 2.24) is 20.4 Å². The molecule has 2 amide bonds. The van der Waals surface area contributed by atoms with E-state index in [2.05, 4.69) is 15.5 Å². The summed E-state index contributed by atoms with van der Waals surface area (Å²) < 4.78 is 26.8. The van der Waals surface area contributed by atoms with E-state index in [1.54, 1.807) is 24.3 Å². The van der Waals surface area contributed by atoms with Crippen molar-refractivity contribution in [2.45, 2.75) is 44.2 Å². The summed E-state index contributed by atoms with van der Waals surface area (Å²) in [5.74, 6) is -0.552. The van der Waals surface area contributed by atoms with Crippen LogP contribution >= 0.6 is 0 Å². The molecule has 0 aromatic heterocycles. The summed E-state index contributed by atoms with van der Waals surface area (Å²) in [4.78, 5) is 16.8. The van der Waals surface area contributed by atoms with Gasteiger partial charge in [0.2, 0.25) is 0 Å². The fraction of sp³-hybridized carbons (Fsp3) is 0.500. The predicted octanol–water partition coefficient (Wildman–Crippen LogP) is 4.30. The molecule has 4 rings (SSSR count). The van der Waals surface area contributed by atoms with Crippen molar-refractivity contribution < 1.29 is 13.6 Å². The quantitative estimate of drug-likeness (QED) is 0.653. The molecule has 0 unspecified atom stereocenters. The van der Waals surface area contributed by atoms with Crippen LogP contribution in [0.1, 0.15) is 49.3 Å². The molecule has 0 spiro atoms. The molecule has 33 heavy (non-hydrogen) atoms. The van der Waals surface area contributed by atoms with Gasteiger partial charge in [0.15, 0.2) is 0 Å². The second-order valence-electron chi connectivity index (χ2n) is 9.10. The number of nitrogens with zero attached hydrogens (tertiary/aromatic N) is 2. The van der Waals surface area contributed by atoms with Crippen LogP contribution in [-0.2, 0) is 0 Å². The highest BCUT2D eigenvalue weighted by Gasteiger charge is 2.24. The summed E-state index contributed by atoms with van der Waals surface area (Å²) in [7, 11) is 0. The predicted molar refractivity (Wildman–Crippen MR) is 126 cm³/mol. The Hall–Kier alpha value is -2.51. The smallest absolute Gasteiger partial charge is 0.317 e. The monoisotopic (exact) mass is 456 g/mol. The van der Waals surface area contributed by atoms with Crippen molar-refractivity contribution in [3.05, 3.63) is 71.3 Å². The molecule has 1 aliphatic heterocycles. The molecule has 0 bridgehead atoms. The number of carbonyl (C=O) groups is 1. The number of hydrogen-bond donors (Lipinski definition) is 2. The lowest BCUT2D eigenvalue weighted by atomic mass is 9.96. The van der Waals surface area contributed by atoms with Gasteiger partial charge in [-0.15, -0.1) is 0 Å². The van der Waals surface area contributed by atoms with Gasteiger partial charge in [-0.2, -0.15) is 0 Å². The van der Waals surface area contributed by atoms with Crippen LogP contribution < -0.4 is 10.6 Å². The minimum absolute atomic E-state index is 0.0763. The lowest BCUT2D eigenvalue weighted by molar-refractivity contribution is 0.135. The van der Waals surface area contributed by atoms with E-state index >= 15 is 0 Å². The van der Waals surface area contributed by atoms with Crippen LogP contribution in [0.15, 0.2) is 48.5 Å². The Kier molecular flexibility index (Phi) is 8.29. The molecule has 2 aromatic carbocycles. The normalized spacial score (nSPS) is 18.0. The third-order valence-electron chi connectivity index (χ3n) is 6.78. The zero-order valence-corrected chi connectivity index (χ0v) is 19.1. The first-order valence-electron chi connectivity index (χ1n) is 12.1. The molecule has 1 aliphatic carbocycles. The first-order valence-corrected chi connectivity index (χ1v) is 12.1. The fourth-order valence-corrected chi connectivity index (χ4v) is 4.79. The highest BCUT2D eigenvalue weighted by atomic mass is 19.1. The molecule has 0 radical (unpaired) electrons. The van der Waals surface area contributed by atoms with Crippen LogP contribution in [0.2, 0.25) is 0 Å². The molecule has 178 valence electrons. The van der Waals surface area contributed by atoms with E-state index in [4.69, 9.17) is 0 Å². The van der Waals surface area contributed by atoms with Gasteiger partial charge in [-0.25, -0.2) is 13.6 Å². The Morgan fingerprint density at radius 2 is 1.39 bits per heavy atom. The number of nitrogens with one attached hydrogen (secondary N) is 2. The van der Waals surface area contributed by atoms with E-state index in [0.717, 1.165) is 63.2 Å². The second-order valence-corrected chi connectivity index (χ2v) is 9.10. The number of benzene rings is 2. The number of rotatable bonds is 7. The molecular weight excluding hydrogens is 422 g/mol. The molecule has 1 heterocycles. The van der Waals surface area contributed by atoms with Crippen LogP contribution in [0.4, 0.5) is 13.6 Å². The summed E-state index contributed by atoms with van der Waals surface area (Å²) in [5.41, 5.74) is 1.87. The molecule has 1 saturated heterocycles. The number of hydrogen-bond acceptors (Lipinski definition) is 3. The molecule has 7 heteroatoms. The Labute approximate surface area is 195 Å². The third kappa shape index (κ3) is 6.74. The van der Waals surface area contributed by atoms with E-state index in [1.807, 2.05) is 4.90 Å². The molecular formula is C26H34F2N4O. The average Bonchev–Trinajstić information content (AvgIpc) is 2.84. The number of halogens is 2. The number of piperazine rings is 1. The van der Waals surface area contributed by atoms with Crippen LogP contribution in [-0.4, -0.2) is 61.1 Å². The average molecular weight is 457 g/mol. The van der Waals surface area contributed by atoms with Crippen molar-refractivity contribution in [1.29, 1.82) is 0 Å². The van der Waals surface area contributed by atoms with Gasteiger partial charge in [-0.05, 0) is 48.2 Å². The molecule has 5 nitrogen and oxygen atoms in total. The Morgan fingerprint density at radius 1 is 0.848 bits per heavy atom. The number of amides is 2. The van der Waals surface area contributed by atoms with E-state index < -0.39 is 0 Å². The van der Waals surface area contributed by atoms with Crippen molar-refractivity contribution in [2.75, 3.05) is 39.3 Å². The molecule has 1 saturated carbocycles. The van der Waals surface area contributed by atoms with E-state index in [1.165, 1.54) is 43.5 Å². The minimum Gasteiger partial charge on any atom is -0.335 e. The fourth-order valence-electron chi connectivity index (χ4n) is 4.79. The van der Waals surface area contributed by atoms with Crippen LogP contribution in [0.25, 0.3) is 0 Å². The topological polar surface area (TPSA) is 47.6 Å². The third-order valence-corrected chi connectivity index (χ3v) is 6.78. The lowest BCUT2D eigenvalue weighted by Crippen LogP contribution is -2.54. The summed E-state index contributed by atoms with van der Waals surface area (Å²) in [5, 5.41) is 6.76. The highest BCUT2D eigenvalue weighted by Crippen LogP contribution is 2.23. The highest BCUT2D eigenvalue weighted by molar-refractivity contribution is 5.74. The Balaban J connectivity index is 1.26. The maximum Gasteiger partial charge on any atom is 0.317 e. The summed E-state index contributed by atoms with van der Waals surface area (Å²) >= 11 is 0. The summed E-state index contributed by atoms with van der Waals surface area (Å²) in [6.45, 7) is 4.73. The van der Waals surface area contributed by atoms with Gasteiger partial charge in [0.1, 0.15) is 11.6 Å². The van der Waals surface area contributed by atoms with Gasteiger partial charge in [0, 0.05) is 45.3 Å². The van der Waals surface area contributed by atoms with Gasteiger partial charge in [-0.1, -0.05) is 43.5 Å².